The molecule has 98 valence electrons. The fraction of sp³-hybridized carbons (Fsp3) is 0.909. The average Bonchev–Trinajstić information content (AvgIpc) is 2.22. The number of carbonyl (C=O) groups is 1. The van der Waals surface area contributed by atoms with Gasteiger partial charge in [0.05, 0.1) is 6.10 Å². The van der Waals surface area contributed by atoms with E-state index in [-0.39, 0.29) is 36.2 Å². The molecule has 0 fully saturated rings. The van der Waals surface area contributed by atoms with Gasteiger partial charge < -0.3 is 16.2 Å². The van der Waals surface area contributed by atoms with Crippen LogP contribution in [0.3, 0.4) is 0 Å². The van der Waals surface area contributed by atoms with Gasteiger partial charge >= 0.3 is 0 Å². The Balaban J connectivity index is 0. The number of nitrogens with two attached hydrogens (primary N) is 1. The summed E-state index contributed by atoms with van der Waals surface area (Å²) < 4.78 is 0. The maximum Gasteiger partial charge on any atom is 0.224 e. The molecule has 0 spiro atoms. The van der Waals surface area contributed by atoms with Gasteiger partial charge in [0.1, 0.15) is 0 Å². The molecule has 0 bridgehead atoms. The van der Waals surface area contributed by atoms with Gasteiger partial charge in [0, 0.05) is 18.5 Å². The van der Waals surface area contributed by atoms with Gasteiger partial charge in [0.15, 0.2) is 0 Å². The molecule has 16 heavy (non-hydrogen) atoms. The van der Waals surface area contributed by atoms with Crippen molar-refractivity contribution in [2.24, 2.45) is 17.6 Å². The van der Waals surface area contributed by atoms with E-state index < -0.39 is 6.10 Å². The van der Waals surface area contributed by atoms with Crippen LogP contribution >= 0.6 is 12.4 Å². The van der Waals surface area contributed by atoms with E-state index in [9.17, 15) is 9.90 Å². The maximum atomic E-state index is 11.5. The Labute approximate surface area is 104 Å². The van der Waals surface area contributed by atoms with E-state index in [1.165, 1.54) is 0 Å². The highest BCUT2D eigenvalue weighted by Gasteiger charge is 2.19. The van der Waals surface area contributed by atoms with E-state index in [4.69, 9.17) is 5.73 Å². The first-order chi connectivity index (χ1) is 6.90. The third-order valence-corrected chi connectivity index (χ3v) is 2.99. The van der Waals surface area contributed by atoms with Gasteiger partial charge in [-0.2, -0.15) is 0 Å². The topological polar surface area (TPSA) is 75.3 Å². The minimum atomic E-state index is -0.473. The maximum absolute atomic E-state index is 11.5. The molecule has 0 aliphatic carbocycles. The van der Waals surface area contributed by atoms with Crippen LogP contribution < -0.4 is 11.1 Å². The lowest BCUT2D eigenvalue weighted by atomic mass is 10.0. The van der Waals surface area contributed by atoms with Crippen LogP contribution in [0.4, 0.5) is 0 Å². The van der Waals surface area contributed by atoms with Gasteiger partial charge in [0.2, 0.25) is 5.91 Å². The predicted octanol–water partition coefficient (Wildman–Crippen LogP) is 0.915. The normalized spacial score (nSPS) is 17.9. The van der Waals surface area contributed by atoms with Gasteiger partial charge in [-0.15, -0.1) is 12.4 Å². The summed E-state index contributed by atoms with van der Waals surface area (Å²) in [5.74, 6) is -0.0996. The number of amides is 1. The standard InChI is InChI=1S/C11H24N2O2.ClH/c1-5-7(2)10(14)6-13-11(15)8(3)9(4)12;/h7-10,14H,5-6,12H2,1-4H3,(H,13,15);1H. The molecule has 0 saturated heterocycles. The Morgan fingerprint density at radius 3 is 2.25 bits per heavy atom. The molecular weight excluding hydrogens is 228 g/mol. The van der Waals surface area contributed by atoms with Gasteiger partial charge in [-0.05, 0) is 12.8 Å². The van der Waals surface area contributed by atoms with Gasteiger partial charge in [-0.25, -0.2) is 0 Å². The Morgan fingerprint density at radius 1 is 1.38 bits per heavy atom. The SMILES string of the molecule is CCC(C)C(O)CNC(=O)C(C)C(C)N.Cl. The molecule has 0 rings (SSSR count). The van der Waals surface area contributed by atoms with Crippen molar-refractivity contribution in [3.63, 3.8) is 0 Å². The second kappa shape index (κ2) is 8.79. The predicted molar refractivity (Wildman–Crippen MR) is 68.5 cm³/mol. The molecule has 4 unspecified atom stereocenters. The van der Waals surface area contributed by atoms with E-state index in [2.05, 4.69) is 5.32 Å². The number of carbonyl (C=O) groups excluding carboxylic acids is 1. The first-order valence-electron chi connectivity index (χ1n) is 5.61. The fourth-order valence-electron chi connectivity index (χ4n) is 1.08. The zero-order chi connectivity index (χ0) is 12.0. The summed E-state index contributed by atoms with van der Waals surface area (Å²) in [5.41, 5.74) is 5.61. The van der Waals surface area contributed by atoms with E-state index in [1.54, 1.807) is 13.8 Å². The zero-order valence-corrected chi connectivity index (χ0v) is 11.4. The van der Waals surface area contributed by atoms with Crippen molar-refractivity contribution < 1.29 is 9.90 Å². The van der Waals surface area contributed by atoms with Crippen molar-refractivity contribution in [1.82, 2.24) is 5.32 Å². The zero-order valence-electron chi connectivity index (χ0n) is 10.6. The molecule has 4 N–H and O–H groups in total. The van der Waals surface area contributed by atoms with Crippen LogP contribution in [0.2, 0.25) is 0 Å². The third-order valence-electron chi connectivity index (χ3n) is 2.99. The monoisotopic (exact) mass is 252 g/mol. The smallest absolute Gasteiger partial charge is 0.224 e. The molecule has 0 aromatic rings. The summed E-state index contributed by atoms with van der Waals surface area (Å²) >= 11 is 0. The van der Waals surface area contributed by atoms with E-state index in [0.717, 1.165) is 6.42 Å². The lowest BCUT2D eigenvalue weighted by Crippen LogP contribution is -2.42. The number of halogens is 1. The summed E-state index contributed by atoms with van der Waals surface area (Å²) in [6, 6.07) is -0.161. The molecule has 5 heteroatoms. The molecule has 0 aliphatic heterocycles. The van der Waals surface area contributed by atoms with Crippen molar-refractivity contribution >= 4 is 18.3 Å². The van der Waals surface area contributed by atoms with Crippen molar-refractivity contribution in [3.05, 3.63) is 0 Å². The van der Waals surface area contributed by atoms with Gasteiger partial charge in [0.25, 0.3) is 0 Å². The minimum absolute atomic E-state index is 0. The Kier molecular flexibility index (Phi) is 9.92. The lowest BCUT2D eigenvalue weighted by molar-refractivity contribution is -0.125. The molecule has 4 atom stereocenters. The van der Waals surface area contributed by atoms with Crippen LogP contribution in [-0.2, 0) is 4.79 Å². The van der Waals surface area contributed by atoms with Crippen LogP contribution in [-0.4, -0.2) is 29.7 Å². The third kappa shape index (κ3) is 6.30. The fourth-order valence-corrected chi connectivity index (χ4v) is 1.08. The van der Waals surface area contributed by atoms with Crippen LogP contribution in [0.15, 0.2) is 0 Å². The Hall–Kier alpha value is -0.320. The Morgan fingerprint density at radius 2 is 1.88 bits per heavy atom. The van der Waals surface area contributed by atoms with Crippen LogP contribution in [0.5, 0.6) is 0 Å². The van der Waals surface area contributed by atoms with Crippen molar-refractivity contribution in [1.29, 1.82) is 0 Å². The van der Waals surface area contributed by atoms with E-state index in [1.807, 2.05) is 13.8 Å². The molecule has 0 aromatic heterocycles. The van der Waals surface area contributed by atoms with Gasteiger partial charge in [-0.1, -0.05) is 27.2 Å². The highest BCUT2D eigenvalue weighted by atomic mass is 35.5. The summed E-state index contributed by atoms with van der Waals surface area (Å²) in [4.78, 5) is 11.5. The number of aliphatic hydroxyl groups excluding tert-OH is 1. The van der Waals surface area contributed by atoms with Crippen LogP contribution in [0, 0.1) is 11.8 Å². The minimum Gasteiger partial charge on any atom is -0.391 e. The number of aliphatic hydroxyl groups is 1. The highest BCUT2D eigenvalue weighted by Crippen LogP contribution is 2.06. The molecular formula is C11H25ClN2O2. The first-order valence-corrected chi connectivity index (χ1v) is 5.61. The Bertz CT molecular complexity index is 200. The van der Waals surface area contributed by atoms with E-state index in [0.29, 0.717) is 6.54 Å². The summed E-state index contributed by atoms with van der Waals surface area (Å²) in [5, 5.41) is 12.4. The second-order valence-corrected chi connectivity index (χ2v) is 4.35. The van der Waals surface area contributed by atoms with Crippen LogP contribution in [0.25, 0.3) is 0 Å². The molecule has 0 heterocycles. The molecule has 0 saturated carbocycles. The van der Waals surface area contributed by atoms with Crippen molar-refractivity contribution in [2.75, 3.05) is 6.54 Å². The largest absolute Gasteiger partial charge is 0.391 e. The number of rotatable bonds is 6. The summed E-state index contributed by atoms with van der Waals surface area (Å²) in [7, 11) is 0. The van der Waals surface area contributed by atoms with Gasteiger partial charge in [-0.3, -0.25) is 4.79 Å². The van der Waals surface area contributed by atoms with Crippen molar-refractivity contribution in [3.8, 4) is 0 Å². The van der Waals surface area contributed by atoms with Crippen molar-refractivity contribution in [2.45, 2.75) is 46.3 Å². The summed E-state index contributed by atoms with van der Waals surface area (Å²) in [6.07, 6.45) is 0.430. The molecule has 0 aliphatic rings. The number of nitrogens with one attached hydrogen (secondary N) is 1. The first kappa shape index (κ1) is 18.1. The summed E-state index contributed by atoms with van der Waals surface area (Å²) in [6.45, 7) is 7.88. The average molecular weight is 253 g/mol. The number of hydrogen-bond acceptors (Lipinski definition) is 3. The lowest BCUT2D eigenvalue weighted by Gasteiger charge is -2.20. The van der Waals surface area contributed by atoms with Crippen LogP contribution in [0.1, 0.15) is 34.1 Å². The highest BCUT2D eigenvalue weighted by molar-refractivity contribution is 5.85. The molecule has 0 aromatic carbocycles. The quantitative estimate of drug-likeness (QED) is 0.658. The number of hydrogen-bond donors (Lipinski definition) is 3. The second-order valence-electron chi connectivity index (χ2n) is 4.35. The molecule has 0 radical (unpaired) electrons. The molecule has 4 nitrogen and oxygen atoms in total. The molecule has 1 amide bonds. The van der Waals surface area contributed by atoms with E-state index >= 15 is 0 Å².